The lowest BCUT2D eigenvalue weighted by Crippen LogP contribution is -2.11. The second kappa shape index (κ2) is 4.60. The van der Waals surface area contributed by atoms with E-state index in [0.29, 0.717) is 5.75 Å². The van der Waals surface area contributed by atoms with E-state index in [1.54, 1.807) is 0 Å². The fourth-order valence-electron chi connectivity index (χ4n) is 1.82. The Balaban J connectivity index is 2.30. The minimum atomic E-state index is 0.114. The number of ketones is 1. The smallest absolute Gasteiger partial charge is 0.195 e. The zero-order valence-electron chi connectivity index (χ0n) is 9.67. The highest BCUT2D eigenvalue weighted by Crippen LogP contribution is 2.40. The van der Waals surface area contributed by atoms with Gasteiger partial charge in [0.25, 0.3) is 0 Å². The molecule has 0 saturated heterocycles. The summed E-state index contributed by atoms with van der Waals surface area (Å²) in [7, 11) is 0. The van der Waals surface area contributed by atoms with Crippen molar-refractivity contribution in [3.05, 3.63) is 33.3 Å². The zero-order valence-corrected chi connectivity index (χ0v) is 10.5. The lowest BCUT2D eigenvalue weighted by atomic mass is 9.93. The molecule has 0 bridgehead atoms. The van der Waals surface area contributed by atoms with Crippen molar-refractivity contribution in [2.24, 2.45) is 0 Å². The number of carbonyl (C=O) groups is 1. The van der Waals surface area contributed by atoms with Gasteiger partial charge in [-0.2, -0.15) is 0 Å². The van der Waals surface area contributed by atoms with E-state index in [9.17, 15) is 4.79 Å². The van der Waals surface area contributed by atoms with Gasteiger partial charge in [-0.05, 0) is 43.9 Å². The van der Waals surface area contributed by atoms with E-state index < -0.39 is 0 Å². The van der Waals surface area contributed by atoms with E-state index in [0.717, 1.165) is 16.1 Å². The molecule has 0 spiro atoms. The topological polar surface area (TPSA) is 37.3 Å². The Morgan fingerprint density at radius 2 is 2.00 bits per heavy atom. The highest BCUT2D eigenvalue weighted by Gasteiger charge is 2.26. The fraction of sp³-hybridized carbons (Fsp3) is 0.462. The molecule has 2 rings (SSSR count). The average molecular weight is 236 g/mol. The molecule has 1 saturated carbocycles. The van der Waals surface area contributed by atoms with Crippen LogP contribution >= 0.6 is 11.8 Å². The van der Waals surface area contributed by atoms with E-state index in [1.165, 1.54) is 35.7 Å². The van der Waals surface area contributed by atoms with Gasteiger partial charge in [-0.25, -0.2) is 0 Å². The van der Waals surface area contributed by atoms with Crippen LogP contribution in [0.15, 0.2) is 33.3 Å². The molecule has 3 heteroatoms. The number of rotatable bonds is 3. The number of thioether (sulfide) groups is 1. The van der Waals surface area contributed by atoms with Crippen molar-refractivity contribution in [2.75, 3.05) is 12.4 Å². The first-order chi connectivity index (χ1) is 7.65. The Bertz CT molecular complexity index is 421. The highest BCUT2D eigenvalue weighted by atomic mass is 32.2. The van der Waals surface area contributed by atoms with Crippen LogP contribution < -0.4 is 0 Å². The maximum absolute atomic E-state index is 12.0. The van der Waals surface area contributed by atoms with E-state index >= 15 is 0 Å². The average Bonchev–Trinajstić information content (AvgIpc) is 3.09. The monoisotopic (exact) mass is 236 g/mol. The third-order valence-electron chi connectivity index (χ3n) is 3.04. The molecule has 0 heterocycles. The normalized spacial score (nSPS) is 20.4. The van der Waals surface area contributed by atoms with Crippen LogP contribution in [0.2, 0.25) is 0 Å². The standard InChI is InChI=1S/C13H16O2S/c1-8-9(2)13(15)12(16-6-5-14)7-11(8)10-3-4-10/h7,14H,3-6H2,1-2H3. The Hall–Kier alpha value is -0.800. The molecule has 0 amide bonds. The molecule has 0 unspecified atom stereocenters. The first kappa shape index (κ1) is 11.7. The summed E-state index contributed by atoms with van der Waals surface area (Å²) in [5.41, 5.74) is 4.71. The maximum atomic E-state index is 12.0. The number of allylic oxidation sites excluding steroid dienone is 6. The molecule has 86 valence electrons. The molecule has 1 fully saturated rings. The third kappa shape index (κ3) is 2.15. The number of carbonyl (C=O) groups excluding carboxylic acids is 1. The molecule has 0 aromatic carbocycles. The number of aliphatic hydroxyl groups is 1. The molecule has 0 atom stereocenters. The molecule has 16 heavy (non-hydrogen) atoms. The Labute approximate surface area is 100 Å². The fourth-order valence-corrected chi connectivity index (χ4v) is 2.62. The molecule has 0 aromatic heterocycles. The summed E-state index contributed by atoms with van der Waals surface area (Å²) >= 11 is 1.45. The minimum Gasteiger partial charge on any atom is -0.396 e. The van der Waals surface area contributed by atoms with Crippen LogP contribution in [0.3, 0.4) is 0 Å². The predicted molar refractivity (Wildman–Crippen MR) is 67.3 cm³/mol. The maximum Gasteiger partial charge on any atom is 0.195 e. The Morgan fingerprint density at radius 1 is 1.31 bits per heavy atom. The molecule has 2 aliphatic rings. The van der Waals surface area contributed by atoms with Gasteiger partial charge >= 0.3 is 0 Å². The van der Waals surface area contributed by atoms with E-state index in [4.69, 9.17) is 5.11 Å². The van der Waals surface area contributed by atoms with E-state index in [-0.39, 0.29) is 12.4 Å². The van der Waals surface area contributed by atoms with E-state index in [2.05, 4.69) is 0 Å². The number of hydrogen-bond acceptors (Lipinski definition) is 3. The van der Waals surface area contributed by atoms with Gasteiger partial charge in [0.2, 0.25) is 0 Å². The zero-order chi connectivity index (χ0) is 11.7. The molecule has 2 aliphatic carbocycles. The van der Waals surface area contributed by atoms with Gasteiger partial charge in [0.1, 0.15) is 0 Å². The van der Waals surface area contributed by atoms with Crippen LogP contribution in [0.25, 0.3) is 0 Å². The Morgan fingerprint density at radius 3 is 2.56 bits per heavy atom. The summed E-state index contributed by atoms with van der Waals surface area (Å²) in [5.74, 6) is 0.716. The molecule has 0 radical (unpaired) electrons. The second-order valence-corrected chi connectivity index (χ2v) is 5.31. The van der Waals surface area contributed by atoms with Crippen molar-refractivity contribution in [3.8, 4) is 0 Å². The molecule has 0 aliphatic heterocycles. The van der Waals surface area contributed by atoms with Crippen LogP contribution in [-0.2, 0) is 4.79 Å². The van der Waals surface area contributed by atoms with Gasteiger partial charge in [0, 0.05) is 11.3 Å². The SMILES string of the molecule is CC1=C(C)C(=C2CC2)C=C(SCCO)C1=O. The van der Waals surface area contributed by atoms with Crippen LogP contribution in [0.5, 0.6) is 0 Å². The van der Waals surface area contributed by atoms with Crippen LogP contribution in [-0.4, -0.2) is 23.2 Å². The van der Waals surface area contributed by atoms with Gasteiger partial charge in [-0.15, -0.1) is 11.8 Å². The minimum absolute atomic E-state index is 0.114. The summed E-state index contributed by atoms with van der Waals surface area (Å²) in [4.78, 5) is 12.8. The summed E-state index contributed by atoms with van der Waals surface area (Å²) in [6.45, 7) is 4.04. The van der Waals surface area contributed by atoms with Gasteiger partial charge in [-0.3, -0.25) is 4.79 Å². The summed E-state index contributed by atoms with van der Waals surface area (Å²) in [6.07, 6.45) is 4.35. The predicted octanol–water partition coefficient (Wildman–Crippen LogP) is 2.61. The van der Waals surface area contributed by atoms with Crippen LogP contribution in [0.4, 0.5) is 0 Å². The summed E-state index contributed by atoms with van der Waals surface area (Å²) in [5, 5.41) is 8.81. The second-order valence-electron chi connectivity index (χ2n) is 4.18. The van der Waals surface area contributed by atoms with Crippen LogP contribution in [0, 0.1) is 0 Å². The largest absolute Gasteiger partial charge is 0.396 e. The van der Waals surface area contributed by atoms with Crippen molar-refractivity contribution >= 4 is 17.5 Å². The number of aliphatic hydroxyl groups excluding tert-OH is 1. The highest BCUT2D eigenvalue weighted by molar-refractivity contribution is 8.04. The lowest BCUT2D eigenvalue weighted by Gasteiger charge is -2.17. The molecular formula is C13H16O2S. The van der Waals surface area contributed by atoms with Crippen molar-refractivity contribution < 1.29 is 9.90 Å². The Kier molecular flexibility index (Phi) is 3.36. The van der Waals surface area contributed by atoms with E-state index in [1.807, 2.05) is 19.9 Å². The van der Waals surface area contributed by atoms with Crippen molar-refractivity contribution in [2.45, 2.75) is 26.7 Å². The quantitative estimate of drug-likeness (QED) is 0.818. The third-order valence-corrected chi connectivity index (χ3v) is 4.04. The summed E-state index contributed by atoms with van der Waals surface area (Å²) < 4.78 is 0. The molecule has 1 N–H and O–H groups in total. The molecule has 2 nitrogen and oxygen atoms in total. The molecular weight excluding hydrogens is 220 g/mol. The number of Topliss-reactive ketones (excluding diaryl/α,β-unsaturated/α-hetero) is 1. The van der Waals surface area contributed by atoms with Crippen molar-refractivity contribution in [3.63, 3.8) is 0 Å². The first-order valence-electron chi connectivity index (χ1n) is 5.55. The van der Waals surface area contributed by atoms with Crippen LogP contribution in [0.1, 0.15) is 26.7 Å². The lowest BCUT2D eigenvalue weighted by molar-refractivity contribution is -0.111. The van der Waals surface area contributed by atoms with Gasteiger partial charge in [0.05, 0.1) is 11.5 Å². The first-order valence-corrected chi connectivity index (χ1v) is 6.53. The number of hydrogen-bond donors (Lipinski definition) is 1. The van der Waals surface area contributed by atoms with Gasteiger partial charge in [0.15, 0.2) is 5.78 Å². The molecule has 0 aromatic rings. The van der Waals surface area contributed by atoms with Gasteiger partial charge < -0.3 is 5.11 Å². The van der Waals surface area contributed by atoms with Gasteiger partial charge in [-0.1, -0.05) is 5.57 Å². The van der Waals surface area contributed by atoms with Crippen molar-refractivity contribution in [1.29, 1.82) is 0 Å². The summed E-state index contributed by atoms with van der Waals surface area (Å²) in [6, 6.07) is 0. The van der Waals surface area contributed by atoms with Crippen molar-refractivity contribution in [1.82, 2.24) is 0 Å².